The molecule has 0 bridgehead atoms. The van der Waals surface area contributed by atoms with Gasteiger partial charge in [0.15, 0.2) is 0 Å². The lowest BCUT2D eigenvalue weighted by atomic mass is 10.1. The Morgan fingerprint density at radius 3 is 2.54 bits per heavy atom. The average molecular weight is 378 g/mol. The number of halogens is 1. The minimum absolute atomic E-state index is 0.206. The van der Waals surface area contributed by atoms with Crippen molar-refractivity contribution in [2.45, 2.75) is 19.9 Å². The quantitative estimate of drug-likeness (QED) is 0.750. The Balaban J connectivity index is 1.52. The number of fused-ring (bicyclic) bond motifs is 1. The van der Waals surface area contributed by atoms with E-state index in [2.05, 4.69) is 5.32 Å². The van der Waals surface area contributed by atoms with Gasteiger partial charge in [-0.25, -0.2) is 4.39 Å². The molecule has 0 atom stereocenters. The summed E-state index contributed by atoms with van der Waals surface area (Å²) in [7, 11) is 0. The fourth-order valence-corrected chi connectivity index (χ4v) is 3.33. The Morgan fingerprint density at radius 1 is 1.07 bits per heavy atom. The molecule has 0 saturated carbocycles. The van der Waals surface area contributed by atoms with Gasteiger partial charge < -0.3 is 14.6 Å². The van der Waals surface area contributed by atoms with Gasteiger partial charge in [-0.2, -0.15) is 0 Å². The highest BCUT2D eigenvalue weighted by molar-refractivity contribution is 6.08. The van der Waals surface area contributed by atoms with Crippen LogP contribution in [-0.2, 0) is 13.0 Å². The lowest BCUT2D eigenvalue weighted by Crippen LogP contribution is -2.29. The van der Waals surface area contributed by atoms with Crippen LogP contribution in [0, 0.1) is 12.7 Å². The Bertz CT molecular complexity index is 1040. The molecule has 1 aliphatic heterocycles. The molecular formula is C22H19FN2O3. The van der Waals surface area contributed by atoms with Crippen molar-refractivity contribution in [3.05, 3.63) is 88.6 Å². The van der Waals surface area contributed by atoms with Crippen molar-refractivity contribution in [1.29, 1.82) is 0 Å². The maximum atomic E-state index is 13.1. The number of hydrogen-bond acceptors (Lipinski definition) is 3. The second kappa shape index (κ2) is 7.31. The van der Waals surface area contributed by atoms with Gasteiger partial charge in [0, 0.05) is 23.4 Å². The first-order valence-electron chi connectivity index (χ1n) is 9.05. The van der Waals surface area contributed by atoms with Crippen molar-refractivity contribution in [2.75, 3.05) is 11.4 Å². The molecule has 0 aliphatic carbocycles. The molecule has 5 nitrogen and oxygen atoms in total. The van der Waals surface area contributed by atoms with Crippen molar-refractivity contribution in [3.63, 3.8) is 0 Å². The predicted molar refractivity (Wildman–Crippen MR) is 103 cm³/mol. The first-order valence-corrected chi connectivity index (χ1v) is 9.05. The second-order valence-electron chi connectivity index (χ2n) is 6.75. The molecule has 4 rings (SSSR count). The summed E-state index contributed by atoms with van der Waals surface area (Å²) >= 11 is 0. The Hall–Kier alpha value is -3.41. The van der Waals surface area contributed by atoms with Gasteiger partial charge in [0.05, 0.1) is 6.54 Å². The third-order valence-corrected chi connectivity index (χ3v) is 4.80. The molecule has 2 amide bonds. The lowest BCUT2D eigenvalue weighted by Gasteiger charge is -2.18. The summed E-state index contributed by atoms with van der Waals surface area (Å²) in [5, 5.41) is 2.82. The lowest BCUT2D eigenvalue weighted by molar-refractivity contribution is 0.0945. The van der Waals surface area contributed by atoms with Crippen LogP contribution in [0.5, 0.6) is 0 Å². The third-order valence-electron chi connectivity index (χ3n) is 4.80. The van der Waals surface area contributed by atoms with Crippen molar-refractivity contribution < 1.29 is 18.4 Å². The van der Waals surface area contributed by atoms with Crippen molar-refractivity contribution >= 4 is 17.5 Å². The zero-order valence-electron chi connectivity index (χ0n) is 15.4. The monoisotopic (exact) mass is 378 g/mol. The summed E-state index contributed by atoms with van der Waals surface area (Å²) in [5.41, 5.74) is 2.61. The fourth-order valence-electron chi connectivity index (χ4n) is 3.33. The van der Waals surface area contributed by atoms with E-state index in [4.69, 9.17) is 4.42 Å². The number of aryl methyl sites for hydroxylation is 1. The average Bonchev–Trinajstić information content (AvgIpc) is 3.31. The number of rotatable bonds is 4. The van der Waals surface area contributed by atoms with E-state index in [1.54, 1.807) is 17.0 Å². The zero-order valence-corrected chi connectivity index (χ0v) is 15.4. The largest absolute Gasteiger partial charge is 0.465 e. The molecular weight excluding hydrogens is 359 g/mol. The van der Waals surface area contributed by atoms with Crippen LogP contribution in [0.4, 0.5) is 10.1 Å². The summed E-state index contributed by atoms with van der Waals surface area (Å²) in [6, 6.07) is 14.5. The first kappa shape index (κ1) is 18.0. The van der Waals surface area contributed by atoms with Gasteiger partial charge in [0.2, 0.25) is 0 Å². The second-order valence-corrected chi connectivity index (χ2v) is 6.75. The number of hydrogen-bond donors (Lipinski definition) is 1. The van der Waals surface area contributed by atoms with Crippen LogP contribution >= 0.6 is 0 Å². The number of carbonyl (C=O) groups excluding carboxylic acids is 2. The Morgan fingerprint density at radius 2 is 1.82 bits per heavy atom. The Kier molecular flexibility index (Phi) is 4.69. The third kappa shape index (κ3) is 3.53. The van der Waals surface area contributed by atoms with E-state index in [9.17, 15) is 14.0 Å². The van der Waals surface area contributed by atoms with Crippen LogP contribution in [-0.4, -0.2) is 18.4 Å². The molecule has 28 heavy (non-hydrogen) atoms. The van der Waals surface area contributed by atoms with Gasteiger partial charge in [-0.15, -0.1) is 0 Å². The van der Waals surface area contributed by atoms with Crippen LogP contribution in [0.2, 0.25) is 0 Å². The van der Waals surface area contributed by atoms with Gasteiger partial charge in [-0.3, -0.25) is 9.59 Å². The van der Waals surface area contributed by atoms with Crippen molar-refractivity contribution in [3.8, 4) is 0 Å². The first-order chi connectivity index (χ1) is 13.5. The van der Waals surface area contributed by atoms with E-state index in [1.165, 1.54) is 24.3 Å². The minimum Gasteiger partial charge on any atom is -0.465 e. The van der Waals surface area contributed by atoms with Crippen LogP contribution in [0.1, 0.15) is 37.8 Å². The molecule has 1 N–H and O–H groups in total. The summed E-state index contributed by atoms with van der Waals surface area (Å²) < 4.78 is 18.6. The standard InChI is InChI=1S/C22H19FN2O3/c1-14-2-9-19(28-14)13-24-21(26)17-4-3-15-10-11-25(20(15)12-17)22(27)16-5-7-18(23)8-6-16/h2-9,12H,10-11,13H2,1H3,(H,24,26). The van der Waals surface area contributed by atoms with Gasteiger partial charge in [-0.05, 0) is 67.4 Å². The number of anilines is 1. The number of amides is 2. The highest BCUT2D eigenvalue weighted by Gasteiger charge is 2.26. The molecule has 142 valence electrons. The van der Waals surface area contributed by atoms with Crippen molar-refractivity contribution in [2.24, 2.45) is 0 Å². The molecule has 0 unspecified atom stereocenters. The molecule has 1 aliphatic rings. The summed E-state index contributed by atoms with van der Waals surface area (Å²) in [6.07, 6.45) is 0.718. The molecule has 3 aromatic rings. The van der Waals surface area contributed by atoms with Crippen molar-refractivity contribution in [1.82, 2.24) is 5.32 Å². The van der Waals surface area contributed by atoms with E-state index in [-0.39, 0.29) is 17.6 Å². The highest BCUT2D eigenvalue weighted by atomic mass is 19.1. The predicted octanol–water partition coefficient (Wildman–Crippen LogP) is 3.86. The number of nitrogens with zero attached hydrogens (tertiary/aromatic N) is 1. The summed E-state index contributed by atoms with van der Waals surface area (Å²) in [5.74, 6) is 0.640. The molecule has 0 spiro atoms. The van der Waals surface area contributed by atoms with E-state index < -0.39 is 0 Å². The topological polar surface area (TPSA) is 62.6 Å². The zero-order chi connectivity index (χ0) is 19.7. The van der Waals surface area contributed by atoms with E-state index in [0.717, 1.165) is 23.4 Å². The normalized spacial score (nSPS) is 12.7. The molecule has 2 heterocycles. The van der Waals surface area contributed by atoms with Crippen LogP contribution < -0.4 is 10.2 Å². The van der Waals surface area contributed by atoms with Gasteiger partial charge in [0.1, 0.15) is 17.3 Å². The van der Waals surface area contributed by atoms with E-state index in [1.807, 2.05) is 25.1 Å². The summed E-state index contributed by atoms with van der Waals surface area (Å²) in [4.78, 5) is 27.0. The van der Waals surface area contributed by atoms with Gasteiger partial charge >= 0.3 is 0 Å². The summed E-state index contributed by atoms with van der Waals surface area (Å²) in [6.45, 7) is 2.67. The number of benzene rings is 2. The number of furan rings is 1. The number of carbonyl (C=O) groups is 2. The van der Waals surface area contributed by atoms with Crippen LogP contribution in [0.15, 0.2) is 59.0 Å². The minimum atomic E-state index is -0.385. The maximum Gasteiger partial charge on any atom is 0.258 e. The molecule has 0 radical (unpaired) electrons. The molecule has 0 saturated heterocycles. The van der Waals surface area contributed by atoms with Crippen LogP contribution in [0.25, 0.3) is 0 Å². The maximum absolute atomic E-state index is 13.1. The van der Waals surface area contributed by atoms with E-state index in [0.29, 0.717) is 30.0 Å². The fraction of sp³-hybridized carbons (Fsp3) is 0.182. The highest BCUT2D eigenvalue weighted by Crippen LogP contribution is 2.30. The number of nitrogens with one attached hydrogen (secondary N) is 1. The SMILES string of the molecule is Cc1ccc(CNC(=O)c2ccc3c(c2)N(C(=O)c2ccc(F)cc2)CC3)o1. The van der Waals surface area contributed by atoms with E-state index >= 15 is 0 Å². The Labute approximate surface area is 161 Å². The van der Waals surface area contributed by atoms with Gasteiger partial charge in [-0.1, -0.05) is 6.07 Å². The molecule has 6 heteroatoms. The molecule has 2 aromatic carbocycles. The molecule has 1 aromatic heterocycles. The smallest absolute Gasteiger partial charge is 0.258 e. The molecule has 0 fully saturated rings. The van der Waals surface area contributed by atoms with Gasteiger partial charge in [0.25, 0.3) is 11.8 Å². The van der Waals surface area contributed by atoms with Crippen LogP contribution in [0.3, 0.4) is 0 Å².